The second-order valence-corrected chi connectivity index (χ2v) is 3.92. The Bertz CT molecular complexity index is 442. The van der Waals surface area contributed by atoms with Crippen LogP contribution in [0.3, 0.4) is 0 Å². The first-order valence-corrected chi connectivity index (χ1v) is 5.66. The quantitative estimate of drug-likeness (QED) is 0.840. The first kappa shape index (κ1) is 10.8. The summed E-state index contributed by atoms with van der Waals surface area (Å²) in [5, 5.41) is 3.33. The third-order valence-electron chi connectivity index (χ3n) is 2.62. The van der Waals surface area contributed by atoms with Gasteiger partial charge in [0.05, 0.1) is 6.54 Å². The van der Waals surface area contributed by atoms with E-state index in [2.05, 4.69) is 36.5 Å². The molecule has 84 valence electrons. The highest BCUT2D eigenvalue weighted by molar-refractivity contribution is 5.44. The zero-order valence-electron chi connectivity index (χ0n) is 9.79. The van der Waals surface area contributed by atoms with Gasteiger partial charge in [0.1, 0.15) is 11.5 Å². The molecule has 0 amide bonds. The lowest BCUT2D eigenvalue weighted by Gasteiger charge is -2.05. The monoisotopic (exact) mass is 215 g/mol. The lowest BCUT2D eigenvalue weighted by atomic mass is 10.1. The Kier molecular flexibility index (Phi) is 3.30. The number of benzene rings is 1. The van der Waals surface area contributed by atoms with Crippen molar-refractivity contribution in [1.82, 2.24) is 0 Å². The van der Waals surface area contributed by atoms with Crippen LogP contribution in [0.1, 0.15) is 24.0 Å². The summed E-state index contributed by atoms with van der Waals surface area (Å²) in [6, 6.07) is 12.5. The maximum absolute atomic E-state index is 5.49. The fraction of sp³-hybridized carbons (Fsp3) is 0.286. The van der Waals surface area contributed by atoms with Crippen molar-refractivity contribution in [2.24, 2.45) is 0 Å². The molecule has 0 radical (unpaired) electrons. The van der Waals surface area contributed by atoms with E-state index in [0.717, 1.165) is 30.2 Å². The zero-order valence-corrected chi connectivity index (χ0v) is 9.79. The Morgan fingerprint density at radius 2 is 1.81 bits per heavy atom. The normalized spacial score (nSPS) is 10.4. The van der Waals surface area contributed by atoms with Crippen molar-refractivity contribution in [2.75, 3.05) is 5.32 Å². The number of furan rings is 1. The molecule has 1 aromatic carbocycles. The minimum Gasteiger partial charge on any atom is -0.465 e. The Balaban J connectivity index is 1.94. The topological polar surface area (TPSA) is 25.2 Å². The molecule has 0 saturated heterocycles. The molecule has 0 saturated carbocycles. The first-order valence-electron chi connectivity index (χ1n) is 5.66. The number of hydrogen-bond acceptors (Lipinski definition) is 2. The minimum atomic E-state index is 0.735. The summed E-state index contributed by atoms with van der Waals surface area (Å²) in [6.07, 6.45) is 1.08. The summed E-state index contributed by atoms with van der Waals surface area (Å²) in [4.78, 5) is 0. The van der Waals surface area contributed by atoms with E-state index < -0.39 is 0 Å². The minimum absolute atomic E-state index is 0.735. The van der Waals surface area contributed by atoms with Crippen LogP contribution in [0.15, 0.2) is 40.8 Å². The summed E-state index contributed by atoms with van der Waals surface area (Å²) in [6.45, 7) is 4.85. The molecule has 0 spiro atoms. The number of rotatable bonds is 4. The summed E-state index contributed by atoms with van der Waals surface area (Å²) in [5.74, 6) is 1.93. The highest BCUT2D eigenvalue weighted by Gasteiger charge is 1.98. The second kappa shape index (κ2) is 4.88. The third-order valence-corrected chi connectivity index (χ3v) is 2.62. The van der Waals surface area contributed by atoms with Crippen LogP contribution in [0.2, 0.25) is 0 Å². The van der Waals surface area contributed by atoms with Gasteiger partial charge in [0.2, 0.25) is 0 Å². The molecule has 2 heteroatoms. The highest BCUT2D eigenvalue weighted by Crippen LogP contribution is 2.12. The molecular formula is C14H17NO. The molecule has 0 atom stereocenters. The van der Waals surface area contributed by atoms with Crippen LogP contribution >= 0.6 is 0 Å². The Morgan fingerprint density at radius 3 is 2.38 bits per heavy atom. The van der Waals surface area contributed by atoms with Gasteiger partial charge in [-0.15, -0.1) is 0 Å². The largest absolute Gasteiger partial charge is 0.465 e. The Labute approximate surface area is 96.3 Å². The molecule has 0 aliphatic rings. The molecule has 1 aromatic heterocycles. The van der Waals surface area contributed by atoms with Crippen LogP contribution in [0.5, 0.6) is 0 Å². The molecule has 16 heavy (non-hydrogen) atoms. The molecule has 0 bridgehead atoms. The maximum Gasteiger partial charge on any atom is 0.123 e. The van der Waals surface area contributed by atoms with E-state index in [4.69, 9.17) is 4.42 Å². The van der Waals surface area contributed by atoms with Gasteiger partial charge < -0.3 is 9.73 Å². The second-order valence-electron chi connectivity index (χ2n) is 3.92. The van der Waals surface area contributed by atoms with Crippen molar-refractivity contribution in [1.29, 1.82) is 0 Å². The van der Waals surface area contributed by atoms with Crippen molar-refractivity contribution in [2.45, 2.75) is 26.8 Å². The van der Waals surface area contributed by atoms with Gasteiger partial charge in [-0.05, 0) is 43.2 Å². The Morgan fingerprint density at radius 1 is 1.06 bits per heavy atom. The van der Waals surface area contributed by atoms with E-state index in [0.29, 0.717) is 0 Å². The van der Waals surface area contributed by atoms with Crippen molar-refractivity contribution < 1.29 is 4.42 Å². The predicted molar refractivity (Wildman–Crippen MR) is 66.6 cm³/mol. The van der Waals surface area contributed by atoms with Crippen molar-refractivity contribution >= 4 is 5.69 Å². The fourth-order valence-corrected chi connectivity index (χ4v) is 1.63. The average Bonchev–Trinajstić information content (AvgIpc) is 2.73. The van der Waals surface area contributed by atoms with Gasteiger partial charge in [-0.25, -0.2) is 0 Å². The van der Waals surface area contributed by atoms with Crippen molar-refractivity contribution in [3.05, 3.63) is 53.5 Å². The van der Waals surface area contributed by atoms with Crippen LogP contribution in [0.25, 0.3) is 0 Å². The molecule has 2 aromatic rings. The zero-order chi connectivity index (χ0) is 11.4. The lowest BCUT2D eigenvalue weighted by Crippen LogP contribution is -1.97. The summed E-state index contributed by atoms with van der Waals surface area (Å²) < 4.78 is 5.49. The van der Waals surface area contributed by atoms with E-state index in [1.54, 1.807) is 0 Å². The lowest BCUT2D eigenvalue weighted by molar-refractivity contribution is 0.490. The van der Waals surface area contributed by atoms with E-state index in [1.165, 1.54) is 5.56 Å². The smallest absolute Gasteiger partial charge is 0.123 e. The number of aryl methyl sites for hydroxylation is 2. The summed E-state index contributed by atoms with van der Waals surface area (Å²) in [7, 11) is 0. The predicted octanol–water partition coefficient (Wildman–Crippen LogP) is 3.76. The average molecular weight is 215 g/mol. The van der Waals surface area contributed by atoms with Gasteiger partial charge in [-0.1, -0.05) is 19.1 Å². The molecule has 0 aliphatic heterocycles. The summed E-state index contributed by atoms with van der Waals surface area (Å²) >= 11 is 0. The van der Waals surface area contributed by atoms with Gasteiger partial charge >= 0.3 is 0 Å². The van der Waals surface area contributed by atoms with Crippen LogP contribution in [-0.4, -0.2) is 0 Å². The third kappa shape index (κ3) is 2.66. The van der Waals surface area contributed by atoms with Gasteiger partial charge in [-0.2, -0.15) is 0 Å². The van der Waals surface area contributed by atoms with Crippen LogP contribution < -0.4 is 5.32 Å². The maximum atomic E-state index is 5.49. The molecule has 2 nitrogen and oxygen atoms in total. The van der Waals surface area contributed by atoms with Gasteiger partial charge in [0.25, 0.3) is 0 Å². The van der Waals surface area contributed by atoms with E-state index in [-0.39, 0.29) is 0 Å². The van der Waals surface area contributed by atoms with E-state index >= 15 is 0 Å². The number of anilines is 1. The van der Waals surface area contributed by atoms with Crippen LogP contribution in [-0.2, 0) is 13.0 Å². The van der Waals surface area contributed by atoms with Crippen LogP contribution in [0.4, 0.5) is 5.69 Å². The first-order chi connectivity index (χ1) is 7.78. The Hall–Kier alpha value is -1.70. The van der Waals surface area contributed by atoms with Crippen molar-refractivity contribution in [3.63, 3.8) is 0 Å². The van der Waals surface area contributed by atoms with Gasteiger partial charge in [-0.3, -0.25) is 0 Å². The molecule has 0 unspecified atom stereocenters. The SMILES string of the molecule is CCc1ccc(NCc2ccc(C)o2)cc1. The molecule has 2 rings (SSSR count). The molecular weight excluding hydrogens is 198 g/mol. The van der Waals surface area contributed by atoms with Gasteiger partial charge in [0, 0.05) is 5.69 Å². The molecule has 0 aliphatic carbocycles. The van der Waals surface area contributed by atoms with E-state index in [1.807, 2.05) is 19.1 Å². The highest BCUT2D eigenvalue weighted by atomic mass is 16.3. The van der Waals surface area contributed by atoms with E-state index in [9.17, 15) is 0 Å². The van der Waals surface area contributed by atoms with Crippen LogP contribution in [0, 0.1) is 6.92 Å². The fourth-order valence-electron chi connectivity index (χ4n) is 1.63. The van der Waals surface area contributed by atoms with Crippen molar-refractivity contribution in [3.8, 4) is 0 Å². The molecule has 1 heterocycles. The summed E-state index contributed by atoms with van der Waals surface area (Å²) in [5.41, 5.74) is 2.49. The number of nitrogens with one attached hydrogen (secondary N) is 1. The standard InChI is InChI=1S/C14H17NO/c1-3-12-5-7-13(8-6-12)15-10-14-9-4-11(2)16-14/h4-9,15H,3,10H2,1-2H3. The molecule has 0 fully saturated rings. The number of hydrogen-bond donors (Lipinski definition) is 1. The molecule has 1 N–H and O–H groups in total. The van der Waals surface area contributed by atoms with Gasteiger partial charge in [0.15, 0.2) is 0 Å².